The fourth-order valence-electron chi connectivity index (χ4n) is 1.31. The van der Waals surface area contributed by atoms with Crippen molar-refractivity contribution in [2.75, 3.05) is 13.1 Å². The molecule has 88 valence electrons. The van der Waals surface area contributed by atoms with Crippen molar-refractivity contribution in [3.8, 4) is 0 Å². The van der Waals surface area contributed by atoms with Crippen LogP contribution in [0.5, 0.6) is 0 Å². The Morgan fingerprint density at radius 2 is 2.06 bits per heavy atom. The Hall–Kier alpha value is -1.16. The van der Waals surface area contributed by atoms with E-state index >= 15 is 0 Å². The molecule has 0 atom stereocenters. The molecule has 2 nitrogen and oxygen atoms in total. The van der Waals surface area contributed by atoms with Gasteiger partial charge in [0.2, 0.25) is 0 Å². The average Bonchev–Trinajstić information content (AvgIpc) is 2.26. The van der Waals surface area contributed by atoms with Gasteiger partial charge in [-0.25, -0.2) is 4.39 Å². The van der Waals surface area contributed by atoms with E-state index in [1.807, 2.05) is 6.07 Å². The molecule has 0 aliphatic rings. The SMILES string of the molecule is CCCNC(=S)NCCc1cccc(F)c1. The third kappa shape index (κ3) is 5.07. The van der Waals surface area contributed by atoms with Crippen LogP contribution in [0.15, 0.2) is 24.3 Å². The summed E-state index contributed by atoms with van der Waals surface area (Å²) < 4.78 is 12.9. The maximum atomic E-state index is 12.9. The normalized spacial score (nSPS) is 9.88. The first kappa shape index (κ1) is 12.9. The van der Waals surface area contributed by atoms with Gasteiger partial charge >= 0.3 is 0 Å². The van der Waals surface area contributed by atoms with E-state index in [-0.39, 0.29) is 5.82 Å². The largest absolute Gasteiger partial charge is 0.363 e. The highest BCUT2D eigenvalue weighted by Crippen LogP contribution is 2.03. The predicted molar refractivity (Wildman–Crippen MR) is 69.0 cm³/mol. The summed E-state index contributed by atoms with van der Waals surface area (Å²) in [5.41, 5.74) is 0.978. The van der Waals surface area contributed by atoms with E-state index in [0.717, 1.165) is 31.5 Å². The van der Waals surface area contributed by atoms with Crippen LogP contribution in [0.2, 0.25) is 0 Å². The van der Waals surface area contributed by atoms with Crippen molar-refractivity contribution in [3.05, 3.63) is 35.6 Å². The molecule has 0 heterocycles. The number of nitrogens with one attached hydrogen (secondary N) is 2. The molecule has 4 heteroatoms. The summed E-state index contributed by atoms with van der Waals surface area (Å²) in [6.07, 6.45) is 1.82. The topological polar surface area (TPSA) is 24.1 Å². The van der Waals surface area contributed by atoms with E-state index in [2.05, 4.69) is 17.6 Å². The van der Waals surface area contributed by atoms with Gasteiger partial charge in [-0.3, -0.25) is 0 Å². The zero-order valence-electron chi connectivity index (χ0n) is 9.42. The molecule has 0 unspecified atom stereocenters. The standard InChI is InChI=1S/C12H17FN2S/c1-2-7-14-12(16)15-8-6-10-4-3-5-11(13)9-10/h3-5,9H,2,6-8H2,1H3,(H2,14,15,16). The van der Waals surface area contributed by atoms with Gasteiger partial charge in [-0.2, -0.15) is 0 Å². The van der Waals surface area contributed by atoms with Crippen molar-refractivity contribution in [1.29, 1.82) is 0 Å². The zero-order valence-corrected chi connectivity index (χ0v) is 10.2. The van der Waals surface area contributed by atoms with Crippen molar-refractivity contribution in [3.63, 3.8) is 0 Å². The monoisotopic (exact) mass is 240 g/mol. The fourth-order valence-corrected chi connectivity index (χ4v) is 1.52. The molecule has 0 saturated heterocycles. The van der Waals surface area contributed by atoms with Crippen LogP contribution in [0.1, 0.15) is 18.9 Å². The minimum absolute atomic E-state index is 0.191. The second-order valence-corrected chi connectivity index (χ2v) is 3.97. The third-order valence-corrected chi connectivity index (χ3v) is 2.41. The maximum absolute atomic E-state index is 12.9. The smallest absolute Gasteiger partial charge is 0.166 e. The van der Waals surface area contributed by atoms with Gasteiger partial charge in [-0.15, -0.1) is 0 Å². The highest BCUT2D eigenvalue weighted by molar-refractivity contribution is 7.80. The van der Waals surface area contributed by atoms with E-state index in [4.69, 9.17) is 12.2 Å². The minimum Gasteiger partial charge on any atom is -0.363 e. The van der Waals surface area contributed by atoms with E-state index in [9.17, 15) is 4.39 Å². The highest BCUT2D eigenvalue weighted by atomic mass is 32.1. The van der Waals surface area contributed by atoms with Gasteiger partial charge in [-0.05, 0) is 42.8 Å². The Morgan fingerprint density at radius 3 is 2.75 bits per heavy atom. The summed E-state index contributed by atoms with van der Waals surface area (Å²) in [6, 6.07) is 6.63. The lowest BCUT2D eigenvalue weighted by Crippen LogP contribution is -2.36. The Bertz CT molecular complexity index is 342. The number of hydrogen-bond donors (Lipinski definition) is 2. The maximum Gasteiger partial charge on any atom is 0.166 e. The second-order valence-electron chi connectivity index (χ2n) is 3.56. The summed E-state index contributed by atoms with van der Waals surface area (Å²) in [4.78, 5) is 0. The van der Waals surface area contributed by atoms with Crippen molar-refractivity contribution >= 4 is 17.3 Å². The first-order chi connectivity index (χ1) is 7.72. The first-order valence-electron chi connectivity index (χ1n) is 5.48. The van der Waals surface area contributed by atoms with Crippen molar-refractivity contribution < 1.29 is 4.39 Å². The van der Waals surface area contributed by atoms with Gasteiger partial charge in [0.05, 0.1) is 0 Å². The van der Waals surface area contributed by atoms with E-state index in [1.54, 1.807) is 12.1 Å². The Labute approximate surface area is 101 Å². The Kier molecular flexibility index (Phi) is 5.78. The summed E-state index contributed by atoms with van der Waals surface area (Å²) >= 11 is 5.06. The number of rotatable bonds is 5. The molecule has 0 aliphatic carbocycles. The molecule has 1 aromatic rings. The molecule has 0 bridgehead atoms. The lowest BCUT2D eigenvalue weighted by molar-refractivity contribution is 0.625. The molecule has 2 N–H and O–H groups in total. The number of thiocarbonyl (C=S) groups is 1. The van der Waals surface area contributed by atoms with Crippen LogP contribution in [0.4, 0.5) is 4.39 Å². The first-order valence-corrected chi connectivity index (χ1v) is 5.89. The number of hydrogen-bond acceptors (Lipinski definition) is 1. The Morgan fingerprint density at radius 1 is 1.31 bits per heavy atom. The lowest BCUT2D eigenvalue weighted by atomic mass is 10.1. The molecule has 0 aliphatic heterocycles. The molecule has 0 aromatic heterocycles. The molecule has 0 saturated carbocycles. The van der Waals surface area contributed by atoms with Crippen LogP contribution in [0.25, 0.3) is 0 Å². The molecular formula is C12H17FN2S. The zero-order chi connectivity index (χ0) is 11.8. The average molecular weight is 240 g/mol. The number of halogens is 1. The van der Waals surface area contributed by atoms with E-state index in [0.29, 0.717) is 5.11 Å². The molecule has 0 radical (unpaired) electrons. The van der Waals surface area contributed by atoms with Gasteiger partial charge in [0.25, 0.3) is 0 Å². The molecule has 0 fully saturated rings. The molecule has 0 amide bonds. The third-order valence-electron chi connectivity index (χ3n) is 2.12. The summed E-state index contributed by atoms with van der Waals surface area (Å²) in [7, 11) is 0. The number of benzene rings is 1. The van der Waals surface area contributed by atoms with Crippen molar-refractivity contribution in [2.45, 2.75) is 19.8 Å². The van der Waals surface area contributed by atoms with Crippen LogP contribution >= 0.6 is 12.2 Å². The molecule has 0 spiro atoms. The van der Waals surface area contributed by atoms with Crippen LogP contribution < -0.4 is 10.6 Å². The quantitative estimate of drug-likeness (QED) is 0.772. The van der Waals surface area contributed by atoms with Crippen LogP contribution in [0, 0.1) is 5.82 Å². The second kappa shape index (κ2) is 7.17. The van der Waals surface area contributed by atoms with Crippen molar-refractivity contribution in [1.82, 2.24) is 10.6 Å². The van der Waals surface area contributed by atoms with Gasteiger partial charge in [0.1, 0.15) is 5.82 Å². The minimum atomic E-state index is -0.191. The lowest BCUT2D eigenvalue weighted by Gasteiger charge is -2.09. The molecule has 16 heavy (non-hydrogen) atoms. The van der Waals surface area contributed by atoms with Gasteiger partial charge < -0.3 is 10.6 Å². The summed E-state index contributed by atoms with van der Waals surface area (Å²) in [6.45, 7) is 3.69. The summed E-state index contributed by atoms with van der Waals surface area (Å²) in [5, 5.41) is 6.82. The molecule has 1 aromatic carbocycles. The Balaban J connectivity index is 2.22. The van der Waals surface area contributed by atoms with Gasteiger partial charge in [-0.1, -0.05) is 19.1 Å². The van der Waals surface area contributed by atoms with Crippen LogP contribution in [-0.2, 0) is 6.42 Å². The van der Waals surface area contributed by atoms with Gasteiger partial charge in [0, 0.05) is 13.1 Å². The van der Waals surface area contributed by atoms with Crippen LogP contribution in [-0.4, -0.2) is 18.2 Å². The molecular weight excluding hydrogens is 223 g/mol. The van der Waals surface area contributed by atoms with E-state index < -0.39 is 0 Å². The highest BCUT2D eigenvalue weighted by Gasteiger charge is 1.96. The van der Waals surface area contributed by atoms with E-state index in [1.165, 1.54) is 6.07 Å². The molecule has 1 rings (SSSR count). The fraction of sp³-hybridized carbons (Fsp3) is 0.417. The van der Waals surface area contributed by atoms with Gasteiger partial charge in [0.15, 0.2) is 5.11 Å². The predicted octanol–water partition coefficient (Wildman–Crippen LogP) is 2.24. The van der Waals surface area contributed by atoms with Crippen LogP contribution in [0.3, 0.4) is 0 Å². The van der Waals surface area contributed by atoms with Crippen molar-refractivity contribution in [2.24, 2.45) is 0 Å². The summed E-state index contributed by atoms with van der Waals surface area (Å²) in [5.74, 6) is -0.191.